The van der Waals surface area contributed by atoms with E-state index in [4.69, 9.17) is 5.11 Å². The van der Waals surface area contributed by atoms with Gasteiger partial charge in [-0.15, -0.1) is 16.4 Å². The summed E-state index contributed by atoms with van der Waals surface area (Å²) in [5.41, 5.74) is 0.526. The van der Waals surface area contributed by atoms with Crippen LogP contribution in [-0.2, 0) is 4.79 Å². The molecule has 0 aliphatic carbocycles. The first-order chi connectivity index (χ1) is 9.63. The van der Waals surface area contributed by atoms with Crippen LogP contribution in [0.3, 0.4) is 0 Å². The fraction of sp³-hybridized carbons (Fsp3) is 0.364. The Hall–Kier alpha value is -2.29. The number of carbonyl (C=O) groups excluding carboxylic acids is 1. The Bertz CT molecular complexity index is 595. The van der Waals surface area contributed by atoms with Crippen molar-refractivity contribution in [3.05, 3.63) is 22.7 Å². The lowest BCUT2D eigenvalue weighted by Gasteiger charge is -2.13. The number of carboxylic acids is 1. The number of carboxylic acid groups (broad SMARTS) is 1. The Morgan fingerprint density at radius 3 is 2.95 bits per heavy atom. The largest absolute Gasteiger partial charge is 0.480 e. The van der Waals surface area contributed by atoms with Gasteiger partial charge >= 0.3 is 5.97 Å². The van der Waals surface area contributed by atoms with Gasteiger partial charge in [-0.3, -0.25) is 4.79 Å². The molecule has 2 N–H and O–H groups in total. The van der Waals surface area contributed by atoms with Crippen LogP contribution in [0.25, 0.3) is 5.69 Å². The summed E-state index contributed by atoms with van der Waals surface area (Å²) in [5, 5.41) is 24.0. The fourth-order valence-electron chi connectivity index (χ4n) is 1.69. The van der Waals surface area contributed by atoms with E-state index in [1.165, 1.54) is 22.3 Å². The molecular weight excluding hydrogens is 282 g/mol. The van der Waals surface area contributed by atoms with Crippen molar-refractivity contribution < 1.29 is 14.7 Å². The summed E-state index contributed by atoms with van der Waals surface area (Å²) in [7, 11) is 0. The van der Waals surface area contributed by atoms with Crippen LogP contribution in [0.4, 0.5) is 0 Å². The Kier molecular flexibility index (Phi) is 4.41. The van der Waals surface area contributed by atoms with Crippen LogP contribution in [0, 0.1) is 0 Å². The lowest BCUT2D eigenvalue weighted by molar-refractivity contribution is -0.139. The van der Waals surface area contributed by atoms with Crippen LogP contribution in [-0.4, -0.2) is 43.2 Å². The van der Waals surface area contributed by atoms with Gasteiger partial charge in [0.15, 0.2) is 0 Å². The third kappa shape index (κ3) is 2.99. The summed E-state index contributed by atoms with van der Waals surface area (Å²) in [4.78, 5) is 23.6. The number of aliphatic carboxylic acids is 1. The average molecular weight is 295 g/mol. The minimum absolute atomic E-state index is 0.375. The Morgan fingerprint density at radius 2 is 2.35 bits per heavy atom. The standard InChI is InChI=1S/C11H13N5O3S/c1-2-3-7(11(18)19)13-10(17)9-8(4-5-20-9)16-6-12-14-15-16/h4-7H,2-3H2,1H3,(H,13,17)(H,18,19)/t7-/m1/s1. The number of nitrogens with zero attached hydrogens (tertiary/aromatic N) is 4. The van der Waals surface area contributed by atoms with Gasteiger partial charge in [0.1, 0.15) is 17.2 Å². The van der Waals surface area contributed by atoms with Gasteiger partial charge in [-0.1, -0.05) is 13.3 Å². The number of tetrazole rings is 1. The maximum Gasteiger partial charge on any atom is 0.326 e. The number of thiophene rings is 1. The second kappa shape index (κ2) is 6.24. The smallest absolute Gasteiger partial charge is 0.326 e. The quantitative estimate of drug-likeness (QED) is 0.812. The van der Waals surface area contributed by atoms with Crippen molar-refractivity contribution in [2.24, 2.45) is 0 Å². The molecule has 8 nitrogen and oxygen atoms in total. The predicted molar refractivity (Wildman–Crippen MR) is 70.8 cm³/mol. The molecule has 1 amide bonds. The van der Waals surface area contributed by atoms with Crippen molar-refractivity contribution in [2.75, 3.05) is 0 Å². The zero-order valence-electron chi connectivity index (χ0n) is 10.7. The maximum atomic E-state index is 12.2. The number of hydrogen-bond donors (Lipinski definition) is 2. The number of amides is 1. The Morgan fingerprint density at radius 1 is 1.55 bits per heavy atom. The summed E-state index contributed by atoms with van der Waals surface area (Å²) in [6.07, 6.45) is 2.42. The minimum Gasteiger partial charge on any atom is -0.480 e. The molecule has 0 aromatic carbocycles. The molecule has 20 heavy (non-hydrogen) atoms. The van der Waals surface area contributed by atoms with Gasteiger partial charge in [0.25, 0.3) is 5.91 Å². The van der Waals surface area contributed by atoms with E-state index in [0.29, 0.717) is 23.4 Å². The van der Waals surface area contributed by atoms with Gasteiger partial charge in [-0.05, 0) is 28.3 Å². The Labute approximate surface area is 118 Å². The van der Waals surface area contributed by atoms with Crippen LogP contribution in [0.2, 0.25) is 0 Å². The molecule has 0 fully saturated rings. The normalized spacial score (nSPS) is 12.1. The predicted octanol–water partition coefficient (Wildman–Crippen LogP) is 0.707. The number of carbonyl (C=O) groups is 2. The molecule has 106 valence electrons. The number of aromatic nitrogens is 4. The van der Waals surface area contributed by atoms with Gasteiger partial charge in [0.05, 0.1) is 5.69 Å². The van der Waals surface area contributed by atoms with Crippen LogP contribution in [0.15, 0.2) is 17.8 Å². The monoisotopic (exact) mass is 295 g/mol. The van der Waals surface area contributed by atoms with Crippen molar-refractivity contribution >= 4 is 23.2 Å². The second-order valence-electron chi connectivity index (χ2n) is 4.04. The molecule has 0 aliphatic heterocycles. The first kappa shape index (κ1) is 14.1. The van der Waals surface area contributed by atoms with Gasteiger partial charge < -0.3 is 10.4 Å². The van der Waals surface area contributed by atoms with Gasteiger partial charge in [0, 0.05) is 0 Å². The molecule has 0 bridgehead atoms. The van der Waals surface area contributed by atoms with Crippen molar-refractivity contribution in [3.63, 3.8) is 0 Å². The van der Waals surface area contributed by atoms with Crippen LogP contribution >= 0.6 is 11.3 Å². The molecule has 0 spiro atoms. The summed E-state index contributed by atoms with van der Waals surface area (Å²) < 4.78 is 1.36. The molecule has 9 heteroatoms. The third-order valence-corrected chi connectivity index (χ3v) is 3.53. The number of rotatable bonds is 6. The fourth-order valence-corrected chi connectivity index (χ4v) is 2.48. The van der Waals surface area contributed by atoms with E-state index in [0.717, 1.165) is 0 Å². The number of nitrogens with one attached hydrogen (secondary N) is 1. The molecule has 2 aromatic rings. The van der Waals surface area contributed by atoms with Crippen LogP contribution in [0.5, 0.6) is 0 Å². The highest BCUT2D eigenvalue weighted by atomic mass is 32.1. The molecule has 0 saturated carbocycles. The molecule has 0 unspecified atom stereocenters. The van der Waals surface area contributed by atoms with E-state index in [9.17, 15) is 9.59 Å². The molecule has 2 rings (SSSR count). The van der Waals surface area contributed by atoms with E-state index in [1.807, 2.05) is 6.92 Å². The SMILES string of the molecule is CCC[C@@H](NC(=O)c1sccc1-n1cnnn1)C(=O)O. The second-order valence-corrected chi connectivity index (χ2v) is 4.96. The third-order valence-electron chi connectivity index (χ3n) is 2.63. The van der Waals surface area contributed by atoms with E-state index in [1.54, 1.807) is 11.4 Å². The summed E-state index contributed by atoms with van der Waals surface area (Å²) in [5.74, 6) is -1.48. The van der Waals surface area contributed by atoms with E-state index >= 15 is 0 Å². The van der Waals surface area contributed by atoms with E-state index in [-0.39, 0.29) is 0 Å². The maximum absolute atomic E-state index is 12.2. The first-order valence-corrected chi connectivity index (χ1v) is 6.86. The van der Waals surface area contributed by atoms with Crippen molar-refractivity contribution in [1.82, 2.24) is 25.5 Å². The summed E-state index contributed by atoms with van der Waals surface area (Å²) in [6, 6.07) is 0.808. The zero-order valence-corrected chi connectivity index (χ0v) is 11.5. The molecule has 0 aliphatic rings. The van der Waals surface area contributed by atoms with Crippen molar-refractivity contribution in [3.8, 4) is 5.69 Å². The highest BCUT2D eigenvalue weighted by molar-refractivity contribution is 7.12. The van der Waals surface area contributed by atoms with Gasteiger partial charge in [-0.2, -0.15) is 4.68 Å². The zero-order chi connectivity index (χ0) is 14.5. The molecule has 2 heterocycles. The molecule has 2 aromatic heterocycles. The average Bonchev–Trinajstić information content (AvgIpc) is 3.08. The summed E-state index contributed by atoms with van der Waals surface area (Å²) in [6.45, 7) is 1.86. The first-order valence-electron chi connectivity index (χ1n) is 5.98. The van der Waals surface area contributed by atoms with E-state index in [2.05, 4.69) is 20.8 Å². The minimum atomic E-state index is -1.04. The summed E-state index contributed by atoms with van der Waals surface area (Å²) >= 11 is 1.21. The highest BCUT2D eigenvalue weighted by Crippen LogP contribution is 2.20. The van der Waals surface area contributed by atoms with E-state index < -0.39 is 17.9 Å². The highest BCUT2D eigenvalue weighted by Gasteiger charge is 2.22. The van der Waals surface area contributed by atoms with Gasteiger partial charge in [-0.25, -0.2) is 4.79 Å². The van der Waals surface area contributed by atoms with Crippen molar-refractivity contribution in [2.45, 2.75) is 25.8 Å². The molecule has 0 saturated heterocycles. The lowest BCUT2D eigenvalue weighted by atomic mass is 10.1. The molecule has 1 atom stereocenters. The van der Waals surface area contributed by atoms with Crippen LogP contribution < -0.4 is 5.32 Å². The van der Waals surface area contributed by atoms with Crippen LogP contribution in [0.1, 0.15) is 29.4 Å². The lowest BCUT2D eigenvalue weighted by Crippen LogP contribution is -2.40. The topological polar surface area (TPSA) is 110 Å². The van der Waals surface area contributed by atoms with Gasteiger partial charge in [0.2, 0.25) is 0 Å². The molecule has 0 radical (unpaired) electrons. The van der Waals surface area contributed by atoms with Crippen molar-refractivity contribution in [1.29, 1.82) is 0 Å². The Balaban J connectivity index is 2.18. The molecular formula is C11H13N5O3S. The number of hydrogen-bond acceptors (Lipinski definition) is 6.